The van der Waals surface area contributed by atoms with Crippen molar-refractivity contribution in [2.24, 2.45) is 5.90 Å². The highest BCUT2D eigenvalue weighted by atomic mass is 32.2. The Morgan fingerprint density at radius 2 is 1.72 bits per heavy atom. The van der Waals surface area contributed by atoms with Gasteiger partial charge in [0.15, 0.2) is 0 Å². The molecule has 1 heterocycles. The van der Waals surface area contributed by atoms with E-state index in [1.54, 1.807) is 48.5 Å². The van der Waals surface area contributed by atoms with Crippen LogP contribution in [0.25, 0.3) is 6.08 Å². The molecule has 0 atom stereocenters. The van der Waals surface area contributed by atoms with Gasteiger partial charge >= 0.3 is 0 Å². The molecule has 0 aliphatic rings. The molecule has 0 unspecified atom stereocenters. The van der Waals surface area contributed by atoms with Gasteiger partial charge in [0.05, 0.1) is 4.90 Å². The maximum atomic E-state index is 12.4. The molecule has 0 saturated carbocycles. The van der Waals surface area contributed by atoms with E-state index in [2.05, 4.69) is 19.9 Å². The van der Waals surface area contributed by atoms with Crippen LogP contribution in [0.2, 0.25) is 0 Å². The summed E-state index contributed by atoms with van der Waals surface area (Å²) < 4.78 is 27.1. The molecule has 9 heteroatoms. The van der Waals surface area contributed by atoms with Gasteiger partial charge < -0.3 is 10.2 Å². The molecule has 0 fully saturated rings. The Morgan fingerprint density at radius 1 is 1.00 bits per heavy atom. The van der Waals surface area contributed by atoms with Crippen molar-refractivity contribution in [1.82, 2.24) is 4.98 Å². The van der Waals surface area contributed by atoms with Crippen molar-refractivity contribution in [3.63, 3.8) is 0 Å². The number of nitrogens with zero attached hydrogens (tertiary/aromatic N) is 1. The summed E-state index contributed by atoms with van der Waals surface area (Å²) in [6, 6.07) is 17.6. The highest BCUT2D eigenvalue weighted by Crippen LogP contribution is 2.17. The summed E-state index contributed by atoms with van der Waals surface area (Å²) in [4.78, 5) is 20.6. The fraction of sp³-hybridized carbons (Fsp3) is 0. The van der Waals surface area contributed by atoms with Gasteiger partial charge in [-0.3, -0.25) is 9.52 Å². The second-order valence-electron chi connectivity index (χ2n) is 5.85. The lowest BCUT2D eigenvalue weighted by atomic mass is 10.2. The summed E-state index contributed by atoms with van der Waals surface area (Å²) in [6.45, 7) is 0. The first-order chi connectivity index (χ1) is 14.0. The lowest BCUT2D eigenvalue weighted by Crippen LogP contribution is -2.14. The predicted octanol–water partition coefficient (Wildman–Crippen LogP) is 2.79. The van der Waals surface area contributed by atoms with Crippen molar-refractivity contribution < 1.29 is 18.0 Å². The molecule has 8 nitrogen and oxygen atoms in total. The van der Waals surface area contributed by atoms with Crippen LogP contribution in [0, 0.1) is 0 Å². The van der Waals surface area contributed by atoms with Crippen LogP contribution in [0.3, 0.4) is 0 Å². The van der Waals surface area contributed by atoms with E-state index in [4.69, 9.17) is 5.90 Å². The Labute approximate surface area is 168 Å². The summed E-state index contributed by atoms with van der Waals surface area (Å²) in [6.07, 6.45) is 4.49. The van der Waals surface area contributed by atoms with Crippen molar-refractivity contribution in [2.45, 2.75) is 4.90 Å². The third-order valence-corrected chi connectivity index (χ3v) is 5.15. The number of carbonyl (C=O) groups excluding carboxylic acids is 1. The van der Waals surface area contributed by atoms with E-state index >= 15 is 0 Å². The number of nitrogens with one attached hydrogen (secondary N) is 2. The van der Waals surface area contributed by atoms with Gasteiger partial charge in [0, 0.05) is 18.0 Å². The SMILES string of the molecule is NOc1ccc(C=CC(=O)Nc2ccc(S(=O)(=O)Nc3ccccn3)cc2)cc1. The van der Waals surface area contributed by atoms with Gasteiger partial charge in [-0.05, 0) is 60.2 Å². The Morgan fingerprint density at radius 3 is 2.34 bits per heavy atom. The molecule has 0 spiro atoms. The summed E-state index contributed by atoms with van der Waals surface area (Å²) in [5.41, 5.74) is 1.26. The van der Waals surface area contributed by atoms with Gasteiger partial charge in [-0.15, -0.1) is 0 Å². The van der Waals surface area contributed by atoms with Crippen LogP contribution in [0.4, 0.5) is 11.5 Å². The molecule has 2 aromatic carbocycles. The normalized spacial score (nSPS) is 11.2. The molecule has 148 valence electrons. The summed E-state index contributed by atoms with van der Waals surface area (Å²) >= 11 is 0. The maximum absolute atomic E-state index is 12.4. The number of rotatable bonds is 7. The van der Waals surface area contributed by atoms with E-state index in [0.717, 1.165) is 5.56 Å². The number of pyridine rings is 1. The Hall–Kier alpha value is -3.69. The molecule has 3 rings (SSSR count). The smallest absolute Gasteiger partial charge is 0.263 e. The topological polar surface area (TPSA) is 123 Å². The van der Waals surface area contributed by atoms with Crippen molar-refractivity contribution in [1.29, 1.82) is 0 Å². The van der Waals surface area contributed by atoms with Crippen LogP contribution in [0.5, 0.6) is 5.75 Å². The van der Waals surface area contributed by atoms with E-state index in [1.807, 2.05) is 0 Å². The molecule has 0 saturated heterocycles. The van der Waals surface area contributed by atoms with E-state index in [0.29, 0.717) is 11.4 Å². The van der Waals surface area contributed by atoms with Crippen LogP contribution in [0.15, 0.2) is 83.9 Å². The van der Waals surface area contributed by atoms with Gasteiger partial charge in [0.1, 0.15) is 11.6 Å². The predicted molar refractivity (Wildman–Crippen MR) is 110 cm³/mol. The van der Waals surface area contributed by atoms with Gasteiger partial charge in [-0.2, -0.15) is 5.90 Å². The minimum absolute atomic E-state index is 0.0545. The average Bonchev–Trinajstić information content (AvgIpc) is 2.73. The van der Waals surface area contributed by atoms with Crippen molar-refractivity contribution >= 4 is 33.5 Å². The zero-order valence-corrected chi connectivity index (χ0v) is 16.0. The van der Waals surface area contributed by atoms with Crippen LogP contribution >= 0.6 is 0 Å². The zero-order valence-electron chi connectivity index (χ0n) is 15.1. The monoisotopic (exact) mass is 410 g/mol. The number of sulfonamides is 1. The van der Waals surface area contributed by atoms with Gasteiger partial charge in [-0.1, -0.05) is 18.2 Å². The molecule has 0 aliphatic carbocycles. The Balaban J connectivity index is 1.62. The third-order valence-electron chi connectivity index (χ3n) is 3.78. The number of benzene rings is 2. The van der Waals surface area contributed by atoms with Crippen LogP contribution < -0.4 is 20.8 Å². The average molecular weight is 410 g/mol. The second kappa shape index (κ2) is 9.00. The molecule has 3 aromatic rings. The van der Waals surface area contributed by atoms with Crippen LogP contribution in [-0.2, 0) is 14.8 Å². The first-order valence-electron chi connectivity index (χ1n) is 8.46. The van der Waals surface area contributed by atoms with Gasteiger partial charge in [0.25, 0.3) is 10.0 Å². The number of nitrogens with two attached hydrogens (primary N) is 1. The van der Waals surface area contributed by atoms with E-state index in [1.165, 1.54) is 36.5 Å². The van der Waals surface area contributed by atoms with Crippen LogP contribution in [-0.4, -0.2) is 19.3 Å². The van der Waals surface area contributed by atoms with E-state index in [-0.39, 0.29) is 16.6 Å². The number of amides is 1. The number of hydrogen-bond acceptors (Lipinski definition) is 6. The molecule has 1 aromatic heterocycles. The summed E-state index contributed by atoms with van der Waals surface area (Å²) in [5, 5.41) is 2.67. The maximum Gasteiger partial charge on any atom is 0.263 e. The van der Waals surface area contributed by atoms with Crippen LogP contribution in [0.1, 0.15) is 5.56 Å². The zero-order chi connectivity index (χ0) is 20.7. The summed E-state index contributed by atoms with van der Waals surface area (Å²) in [7, 11) is -3.77. The van der Waals surface area contributed by atoms with Crippen molar-refractivity contribution in [3.8, 4) is 5.75 Å². The molecular formula is C20H18N4O4S. The number of carbonyl (C=O) groups is 1. The molecule has 1 amide bonds. The molecule has 0 bridgehead atoms. The molecule has 0 aliphatic heterocycles. The molecular weight excluding hydrogens is 392 g/mol. The van der Waals surface area contributed by atoms with Gasteiger partial charge in [0.2, 0.25) is 5.91 Å². The lowest BCUT2D eigenvalue weighted by molar-refractivity contribution is -0.111. The summed E-state index contributed by atoms with van der Waals surface area (Å²) in [5.74, 6) is 5.44. The molecule has 4 N–H and O–H groups in total. The van der Waals surface area contributed by atoms with Crippen molar-refractivity contribution in [3.05, 3.63) is 84.6 Å². The van der Waals surface area contributed by atoms with Crippen molar-refractivity contribution in [2.75, 3.05) is 10.0 Å². The number of anilines is 2. The highest BCUT2D eigenvalue weighted by Gasteiger charge is 2.14. The van der Waals surface area contributed by atoms with E-state index in [9.17, 15) is 13.2 Å². The number of hydrogen-bond donors (Lipinski definition) is 3. The number of aromatic nitrogens is 1. The Kier molecular flexibility index (Phi) is 6.22. The minimum atomic E-state index is -3.77. The fourth-order valence-corrected chi connectivity index (χ4v) is 3.36. The third kappa shape index (κ3) is 5.64. The quantitative estimate of drug-likeness (QED) is 0.406. The minimum Gasteiger partial charge on any atom is -0.412 e. The van der Waals surface area contributed by atoms with Gasteiger partial charge in [-0.25, -0.2) is 13.4 Å². The lowest BCUT2D eigenvalue weighted by Gasteiger charge is -2.08. The fourth-order valence-electron chi connectivity index (χ4n) is 2.35. The molecule has 0 radical (unpaired) electrons. The first kappa shape index (κ1) is 20.1. The Bertz CT molecular complexity index is 1100. The first-order valence-corrected chi connectivity index (χ1v) is 9.94. The van der Waals surface area contributed by atoms with E-state index < -0.39 is 10.0 Å². The highest BCUT2D eigenvalue weighted by molar-refractivity contribution is 7.92. The second-order valence-corrected chi connectivity index (χ2v) is 7.54. The molecule has 29 heavy (non-hydrogen) atoms. The standard InChI is InChI=1S/C20H18N4O4S/c21-28-17-9-4-15(5-10-17)6-13-20(25)23-16-7-11-18(12-8-16)29(26,27)24-19-3-1-2-14-22-19/h1-14H,21H2,(H,22,24)(H,23,25). The largest absolute Gasteiger partial charge is 0.412 e.